The first-order chi connectivity index (χ1) is 15.0. The summed E-state index contributed by atoms with van der Waals surface area (Å²) in [5.41, 5.74) is 2.87. The van der Waals surface area contributed by atoms with E-state index in [9.17, 15) is 4.79 Å². The van der Waals surface area contributed by atoms with E-state index in [0.29, 0.717) is 45.8 Å². The molecule has 3 aromatic rings. The average Bonchev–Trinajstić information content (AvgIpc) is 3.08. The molecule has 0 radical (unpaired) electrons. The maximum atomic E-state index is 13.0. The maximum Gasteiger partial charge on any atom is 0.232 e. The van der Waals surface area contributed by atoms with Crippen LogP contribution in [0.25, 0.3) is 6.08 Å². The van der Waals surface area contributed by atoms with Crippen LogP contribution < -0.4 is 18.9 Å². The van der Waals surface area contributed by atoms with Gasteiger partial charge >= 0.3 is 0 Å². The molecule has 5 nitrogen and oxygen atoms in total. The van der Waals surface area contributed by atoms with E-state index >= 15 is 0 Å². The zero-order valence-corrected chi connectivity index (χ0v) is 18.2. The number of ether oxygens (including phenoxy) is 4. The Morgan fingerprint density at radius 2 is 1.84 bits per heavy atom. The SMILES string of the molecule is COc1cccc(/C=C2\Oc3cc(OCc4ccccc4Cl)cc(C)c3C2=O)c1OC. The summed E-state index contributed by atoms with van der Waals surface area (Å²) in [5.74, 6) is 2.20. The zero-order chi connectivity index (χ0) is 22.0. The topological polar surface area (TPSA) is 54.0 Å². The van der Waals surface area contributed by atoms with Crippen LogP contribution in [0.5, 0.6) is 23.0 Å². The standard InChI is InChI=1S/C25H21ClO5/c1-15-11-18(30-14-17-7-4-5-9-19(17)26)13-21-23(15)24(27)22(31-21)12-16-8-6-10-20(28-2)25(16)29-3/h4-13H,14H2,1-3H3/b22-12-. The van der Waals surface area contributed by atoms with Crippen LogP contribution in [0.3, 0.4) is 0 Å². The van der Waals surface area contributed by atoms with Gasteiger partial charge in [0.1, 0.15) is 18.1 Å². The summed E-state index contributed by atoms with van der Waals surface area (Å²) in [6.07, 6.45) is 1.66. The lowest BCUT2D eigenvalue weighted by atomic mass is 10.0. The van der Waals surface area contributed by atoms with E-state index in [1.807, 2.05) is 49.4 Å². The number of fused-ring (bicyclic) bond motifs is 1. The number of methoxy groups -OCH3 is 2. The largest absolute Gasteiger partial charge is 0.493 e. The Hall–Kier alpha value is -3.44. The third kappa shape index (κ3) is 4.09. The lowest BCUT2D eigenvalue weighted by Crippen LogP contribution is -2.01. The summed E-state index contributed by atoms with van der Waals surface area (Å²) >= 11 is 6.20. The second-order valence-corrected chi connectivity index (χ2v) is 7.42. The molecule has 0 saturated carbocycles. The Balaban J connectivity index is 1.61. The number of hydrogen-bond acceptors (Lipinski definition) is 5. The number of ketones is 1. The molecule has 0 unspecified atom stereocenters. The first-order valence-electron chi connectivity index (χ1n) is 9.68. The normalized spacial score (nSPS) is 13.7. The molecular weight excluding hydrogens is 416 g/mol. The number of Topliss-reactive ketones (excluding diaryl/α,β-unsaturated/α-hetero) is 1. The number of carbonyl (C=O) groups is 1. The number of aryl methyl sites for hydroxylation is 1. The predicted octanol–water partition coefficient (Wildman–Crippen LogP) is 5.86. The highest BCUT2D eigenvalue weighted by molar-refractivity contribution is 6.31. The van der Waals surface area contributed by atoms with Crippen LogP contribution in [-0.2, 0) is 6.61 Å². The third-order valence-electron chi connectivity index (χ3n) is 5.02. The third-order valence-corrected chi connectivity index (χ3v) is 5.38. The van der Waals surface area contributed by atoms with E-state index in [1.54, 1.807) is 32.4 Å². The van der Waals surface area contributed by atoms with Crippen molar-refractivity contribution in [3.05, 3.63) is 87.6 Å². The van der Waals surface area contributed by atoms with Crippen LogP contribution in [0, 0.1) is 6.92 Å². The average molecular weight is 437 g/mol. The van der Waals surface area contributed by atoms with Crippen molar-refractivity contribution >= 4 is 23.5 Å². The summed E-state index contributed by atoms with van der Waals surface area (Å²) in [6, 6.07) is 16.5. The van der Waals surface area contributed by atoms with Crippen LogP contribution in [0.4, 0.5) is 0 Å². The Kier molecular flexibility index (Phi) is 5.87. The molecule has 0 amide bonds. The fraction of sp³-hybridized carbons (Fsp3) is 0.160. The van der Waals surface area contributed by atoms with Gasteiger partial charge in [-0.2, -0.15) is 0 Å². The summed E-state index contributed by atoms with van der Waals surface area (Å²) < 4.78 is 22.6. The molecule has 1 heterocycles. The number of rotatable bonds is 6. The van der Waals surface area contributed by atoms with E-state index in [2.05, 4.69) is 0 Å². The van der Waals surface area contributed by atoms with Crippen molar-refractivity contribution in [2.24, 2.45) is 0 Å². The van der Waals surface area contributed by atoms with Gasteiger partial charge in [0.2, 0.25) is 5.78 Å². The Labute approximate surface area is 185 Å². The van der Waals surface area contributed by atoms with Crippen LogP contribution in [0.2, 0.25) is 5.02 Å². The predicted molar refractivity (Wildman–Crippen MR) is 119 cm³/mol. The summed E-state index contributed by atoms with van der Waals surface area (Å²) in [7, 11) is 3.12. The molecule has 0 bridgehead atoms. The van der Waals surface area contributed by atoms with E-state index < -0.39 is 0 Å². The summed E-state index contributed by atoms with van der Waals surface area (Å²) in [5, 5.41) is 0.643. The first kappa shape index (κ1) is 20.8. The van der Waals surface area contributed by atoms with Crippen LogP contribution in [0.1, 0.15) is 27.0 Å². The van der Waals surface area contributed by atoms with Gasteiger partial charge in [-0.3, -0.25) is 4.79 Å². The van der Waals surface area contributed by atoms with Gasteiger partial charge in [0.05, 0.1) is 19.8 Å². The lowest BCUT2D eigenvalue weighted by molar-refractivity contribution is 0.101. The van der Waals surface area contributed by atoms with Gasteiger partial charge in [0.15, 0.2) is 17.3 Å². The molecule has 31 heavy (non-hydrogen) atoms. The van der Waals surface area contributed by atoms with Crippen LogP contribution >= 0.6 is 11.6 Å². The Morgan fingerprint density at radius 3 is 2.58 bits per heavy atom. The Bertz CT molecular complexity index is 1180. The number of para-hydroxylation sites is 1. The highest BCUT2D eigenvalue weighted by atomic mass is 35.5. The molecule has 1 aliphatic heterocycles. The highest BCUT2D eigenvalue weighted by Crippen LogP contribution is 2.39. The molecule has 0 spiro atoms. The van der Waals surface area contributed by atoms with E-state index in [-0.39, 0.29) is 11.5 Å². The number of carbonyl (C=O) groups excluding carboxylic acids is 1. The number of hydrogen-bond donors (Lipinski definition) is 0. The molecular formula is C25H21ClO5. The smallest absolute Gasteiger partial charge is 0.232 e. The van der Waals surface area contributed by atoms with E-state index in [4.69, 9.17) is 30.5 Å². The van der Waals surface area contributed by atoms with Gasteiger partial charge in [-0.1, -0.05) is 41.9 Å². The van der Waals surface area contributed by atoms with Gasteiger partial charge in [0, 0.05) is 22.2 Å². The molecule has 4 rings (SSSR count). The summed E-state index contributed by atoms with van der Waals surface area (Å²) in [6.45, 7) is 2.17. The molecule has 6 heteroatoms. The second kappa shape index (κ2) is 8.74. The molecule has 0 aliphatic carbocycles. The van der Waals surface area contributed by atoms with Gasteiger partial charge < -0.3 is 18.9 Å². The minimum Gasteiger partial charge on any atom is -0.493 e. The van der Waals surface area contributed by atoms with Crippen molar-refractivity contribution in [2.75, 3.05) is 14.2 Å². The van der Waals surface area contributed by atoms with Crippen molar-refractivity contribution in [1.29, 1.82) is 0 Å². The summed E-state index contributed by atoms with van der Waals surface area (Å²) in [4.78, 5) is 13.0. The second-order valence-electron chi connectivity index (χ2n) is 7.02. The highest BCUT2D eigenvalue weighted by Gasteiger charge is 2.30. The molecule has 0 atom stereocenters. The molecule has 0 fully saturated rings. The molecule has 0 saturated heterocycles. The molecule has 1 aliphatic rings. The minimum absolute atomic E-state index is 0.185. The fourth-order valence-electron chi connectivity index (χ4n) is 3.50. The molecule has 0 aromatic heterocycles. The van der Waals surface area contributed by atoms with Crippen molar-refractivity contribution in [1.82, 2.24) is 0 Å². The van der Waals surface area contributed by atoms with E-state index in [1.165, 1.54) is 0 Å². The van der Waals surface area contributed by atoms with E-state index in [0.717, 1.165) is 11.1 Å². The van der Waals surface area contributed by atoms with Crippen LogP contribution in [0.15, 0.2) is 60.4 Å². The van der Waals surface area contributed by atoms with Gasteiger partial charge in [-0.15, -0.1) is 0 Å². The first-order valence-corrected chi connectivity index (χ1v) is 10.1. The number of benzene rings is 3. The van der Waals surface area contributed by atoms with Crippen LogP contribution in [-0.4, -0.2) is 20.0 Å². The molecule has 0 N–H and O–H groups in total. The molecule has 3 aromatic carbocycles. The monoisotopic (exact) mass is 436 g/mol. The van der Waals surface area contributed by atoms with Crippen molar-refractivity contribution < 1.29 is 23.7 Å². The lowest BCUT2D eigenvalue weighted by Gasteiger charge is -2.10. The maximum absolute atomic E-state index is 13.0. The quantitative estimate of drug-likeness (QED) is 0.453. The molecule has 158 valence electrons. The van der Waals surface area contributed by atoms with Crippen molar-refractivity contribution in [2.45, 2.75) is 13.5 Å². The Morgan fingerprint density at radius 1 is 1.03 bits per heavy atom. The van der Waals surface area contributed by atoms with Gasteiger partial charge in [-0.05, 0) is 36.8 Å². The van der Waals surface area contributed by atoms with Crippen molar-refractivity contribution in [3.8, 4) is 23.0 Å². The van der Waals surface area contributed by atoms with Crippen molar-refractivity contribution in [3.63, 3.8) is 0 Å². The minimum atomic E-state index is -0.185. The zero-order valence-electron chi connectivity index (χ0n) is 17.4. The van der Waals surface area contributed by atoms with Gasteiger partial charge in [0.25, 0.3) is 0 Å². The fourth-order valence-corrected chi connectivity index (χ4v) is 3.69. The number of halogens is 1. The number of allylic oxidation sites excluding steroid dienone is 1. The van der Waals surface area contributed by atoms with Gasteiger partial charge in [-0.25, -0.2) is 0 Å².